The molecule has 2 saturated heterocycles. The predicted octanol–water partition coefficient (Wildman–Crippen LogP) is 3.07. The molecule has 0 radical (unpaired) electrons. The molecule has 1 aromatic carbocycles. The summed E-state index contributed by atoms with van der Waals surface area (Å²) in [6.45, 7) is 0. The van der Waals surface area contributed by atoms with Crippen LogP contribution in [0.4, 0.5) is 10.5 Å². The third kappa shape index (κ3) is 3.79. The molecule has 0 spiro atoms. The van der Waals surface area contributed by atoms with Crippen molar-refractivity contribution in [2.24, 2.45) is 0 Å². The first kappa shape index (κ1) is 17.8. The topological polar surface area (TPSA) is 78.5 Å². The van der Waals surface area contributed by atoms with E-state index in [-0.39, 0.29) is 24.2 Å². The number of carbonyl (C=O) groups excluding carboxylic acids is 1. The molecular weight excluding hydrogens is 373 g/mol. The van der Waals surface area contributed by atoms with Gasteiger partial charge >= 0.3 is 6.03 Å². The fourth-order valence-corrected chi connectivity index (χ4v) is 5.48. The average Bonchev–Trinajstić information content (AvgIpc) is 2.75. The molecule has 2 aliphatic rings. The molecule has 0 aliphatic carbocycles. The summed E-state index contributed by atoms with van der Waals surface area (Å²) in [5.41, 5.74) is 0.554. The molecule has 6 nitrogen and oxygen atoms in total. The Bertz CT molecular complexity index is 742. The lowest BCUT2D eigenvalue weighted by Gasteiger charge is -2.37. The summed E-state index contributed by atoms with van der Waals surface area (Å²) in [7, 11) is -3.19. The third-order valence-corrected chi connectivity index (χ3v) is 6.66. The smallest absolute Gasteiger partial charge is 0.319 e. The van der Waals surface area contributed by atoms with Crippen molar-refractivity contribution in [1.29, 1.82) is 0 Å². The summed E-state index contributed by atoms with van der Waals surface area (Å²) in [5.74, 6) is 0. The van der Waals surface area contributed by atoms with Crippen molar-refractivity contribution in [3.8, 4) is 0 Å². The quantitative estimate of drug-likeness (QED) is 0.830. The number of hydrogen-bond donors (Lipinski definition) is 2. The fourth-order valence-electron chi connectivity index (χ4n) is 3.72. The van der Waals surface area contributed by atoms with E-state index in [2.05, 4.69) is 10.6 Å². The van der Waals surface area contributed by atoms with Gasteiger partial charge in [-0.2, -0.15) is 4.31 Å². The predicted molar refractivity (Wildman–Crippen MR) is 95.1 cm³/mol. The van der Waals surface area contributed by atoms with Crippen molar-refractivity contribution >= 4 is 44.9 Å². The molecule has 0 saturated carbocycles. The second kappa shape index (κ2) is 6.71. The van der Waals surface area contributed by atoms with Gasteiger partial charge in [0.2, 0.25) is 10.0 Å². The van der Waals surface area contributed by atoms with Gasteiger partial charge in [-0.3, -0.25) is 0 Å². The minimum atomic E-state index is -3.19. The summed E-state index contributed by atoms with van der Waals surface area (Å²) >= 11 is 11.8. The molecule has 2 heterocycles. The Morgan fingerprint density at radius 3 is 2.33 bits per heavy atom. The van der Waals surface area contributed by atoms with Crippen molar-refractivity contribution in [3.63, 3.8) is 0 Å². The maximum absolute atomic E-state index is 12.2. The van der Waals surface area contributed by atoms with Crippen molar-refractivity contribution in [3.05, 3.63) is 28.2 Å². The van der Waals surface area contributed by atoms with Gasteiger partial charge in [0.1, 0.15) is 0 Å². The largest absolute Gasteiger partial charge is 0.335 e. The van der Waals surface area contributed by atoms with Gasteiger partial charge in [-0.1, -0.05) is 23.2 Å². The number of nitrogens with zero attached hydrogens (tertiary/aromatic N) is 1. The molecule has 2 N–H and O–H groups in total. The highest BCUT2D eigenvalue weighted by molar-refractivity contribution is 7.88. The van der Waals surface area contributed by atoms with Crippen LogP contribution >= 0.6 is 23.2 Å². The molecule has 1 aromatic rings. The molecule has 2 unspecified atom stereocenters. The van der Waals surface area contributed by atoms with E-state index >= 15 is 0 Å². The van der Waals surface area contributed by atoms with Crippen LogP contribution in [0.1, 0.15) is 25.7 Å². The number of rotatable bonds is 3. The minimum absolute atomic E-state index is 0.0194. The minimum Gasteiger partial charge on any atom is -0.335 e. The Labute approximate surface area is 151 Å². The summed E-state index contributed by atoms with van der Waals surface area (Å²) < 4.78 is 25.4. The first-order valence-corrected chi connectivity index (χ1v) is 10.4. The summed E-state index contributed by atoms with van der Waals surface area (Å²) in [6.07, 6.45) is 4.23. The van der Waals surface area contributed by atoms with E-state index < -0.39 is 10.0 Å². The average molecular weight is 392 g/mol. The van der Waals surface area contributed by atoms with Crippen LogP contribution in [0.5, 0.6) is 0 Å². The lowest BCUT2D eigenvalue weighted by atomic mass is 10.00. The van der Waals surface area contributed by atoms with Crippen LogP contribution in [0.15, 0.2) is 18.2 Å². The third-order valence-electron chi connectivity index (χ3n) is 4.56. The summed E-state index contributed by atoms with van der Waals surface area (Å²) in [4.78, 5) is 12.2. The Hall–Kier alpha value is -1.02. The van der Waals surface area contributed by atoms with E-state index in [1.54, 1.807) is 22.5 Å². The van der Waals surface area contributed by atoms with Crippen LogP contribution in [0.2, 0.25) is 10.0 Å². The van der Waals surface area contributed by atoms with Crippen LogP contribution < -0.4 is 10.6 Å². The maximum Gasteiger partial charge on any atom is 0.319 e. The van der Waals surface area contributed by atoms with Gasteiger partial charge in [-0.05, 0) is 43.9 Å². The molecular formula is C15H19Cl2N3O3S. The lowest BCUT2D eigenvalue weighted by molar-refractivity contribution is 0.204. The number of piperidine rings is 1. The number of amides is 2. The van der Waals surface area contributed by atoms with Crippen molar-refractivity contribution in [1.82, 2.24) is 9.62 Å². The number of carbonyl (C=O) groups is 1. The van der Waals surface area contributed by atoms with Gasteiger partial charge in [0, 0.05) is 23.8 Å². The first-order chi connectivity index (χ1) is 11.2. The molecule has 132 valence electrons. The maximum atomic E-state index is 12.2. The SMILES string of the molecule is CS(=O)(=O)N1C2CCC1CC(NC(=O)Nc1ccc(Cl)c(Cl)c1)C2. The highest BCUT2D eigenvalue weighted by Gasteiger charge is 2.45. The second-order valence-corrected chi connectivity index (χ2v) is 9.08. The van der Waals surface area contributed by atoms with E-state index in [0.29, 0.717) is 28.6 Å². The number of nitrogens with one attached hydrogen (secondary N) is 2. The Balaban J connectivity index is 1.59. The highest BCUT2D eigenvalue weighted by Crippen LogP contribution is 2.37. The first-order valence-electron chi connectivity index (χ1n) is 7.75. The lowest BCUT2D eigenvalue weighted by Crippen LogP contribution is -2.52. The van der Waals surface area contributed by atoms with E-state index in [4.69, 9.17) is 23.2 Å². The van der Waals surface area contributed by atoms with Crippen molar-refractivity contribution in [2.75, 3.05) is 11.6 Å². The molecule has 2 aliphatic heterocycles. The van der Waals surface area contributed by atoms with Crippen LogP contribution in [-0.4, -0.2) is 43.1 Å². The number of sulfonamides is 1. The van der Waals surface area contributed by atoms with Crippen LogP contribution in [-0.2, 0) is 10.0 Å². The van der Waals surface area contributed by atoms with Gasteiger partial charge < -0.3 is 10.6 Å². The van der Waals surface area contributed by atoms with Gasteiger partial charge in [0.15, 0.2) is 0 Å². The van der Waals surface area contributed by atoms with E-state index in [0.717, 1.165) is 12.8 Å². The Morgan fingerprint density at radius 2 is 1.79 bits per heavy atom. The molecule has 24 heavy (non-hydrogen) atoms. The zero-order valence-corrected chi connectivity index (χ0v) is 15.5. The standard InChI is InChI=1S/C15H19Cl2N3O3S/c1-24(22,23)20-11-3-4-12(20)7-10(6-11)19-15(21)18-9-2-5-13(16)14(17)8-9/h2,5,8,10-12H,3-4,6-7H2,1H3,(H2,18,19,21). The zero-order chi connectivity index (χ0) is 17.5. The summed E-state index contributed by atoms with van der Waals surface area (Å²) in [5, 5.41) is 6.44. The second-order valence-electron chi connectivity index (χ2n) is 6.37. The van der Waals surface area contributed by atoms with Gasteiger partial charge in [0.05, 0.1) is 16.3 Å². The van der Waals surface area contributed by atoms with Crippen molar-refractivity contribution < 1.29 is 13.2 Å². The monoisotopic (exact) mass is 391 g/mol. The highest BCUT2D eigenvalue weighted by atomic mass is 35.5. The Morgan fingerprint density at radius 1 is 1.17 bits per heavy atom. The molecule has 2 bridgehead atoms. The van der Waals surface area contributed by atoms with Crippen LogP contribution in [0.3, 0.4) is 0 Å². The number of fused-ring (bicyclic) bond motifs is 2. The van der Waals surface area contributed by atoms with E-state index in [9.17, 15) is 13.2 Å². The van der Waals surface area contributed by atoms with E-state index in [1.807, 2.05) is 0 Å². The fraction of sp³-hybridized carbons (Fsp3) is 0.533. The number of anilines is 1. The van der Waals surface area contributed by atoms with Crippen molar-refractivity contribution in [2.45, 2.75) is 43.8 Å². The molecule has 2 amide bonds. The van der Waals surface area contributed by atoms with Gasteiger partial charge in [-0.15, -0.1) is 0 Å². The molecule has 0 aromatic heterocycles. The number of hydrogen-bond acceptors (Lipinski definition) is 3. The van der Waals surface area contributed by atoms with Crippen LogP contribution in [0, 0.1) is 0 Å². The normalized spacial score (nSPS) is 27.0. The number of benzene rings is 1. The van der Waals surface area contributed by atoms with Gasteiger partial charge in [0.25, 0.3) is 0 Å². The molecule has 9 heteroatoms. The number of urea groups is 1. The zero-order valence-electron chi connectivity index (χ0n) is 13.1. The van der Waals surface area contributed by atoms with E-state index in [1.165, 1.54) is 6.26 Å². The molecule has 2 fully saturated rings. The summed E-state index contributed by atoms with van der Waals surface area (Å²) in [6, 6.07) is 4.46. The van der Waals surface area contributed by atoms with Gasteiger partial charge in [-0.25, -0.2) is 13.2 Å². The van der Waals surface area contributed by atoms with Crippen LogP contribution in [0.25, 0.3) is 0 Å². The molecule has 3 rings (SSSR count). The Kier molecular flexibility index (Phi) is 4.97. The number of halogens is 2. The molecule has 2 atom stereocenters.